The van der Waals surface area contributed by atoms with E-state index >= 15 is 0 Å². The summed E-state index contributed by atoms with van der Waals surface area (Å²) in [6.07, 6.45) is 3.78. The van der Waals surface area contributed by atoms with Gasteiger partial charge in [-0.3, -0.25) is 9.98 Å². The highest BCUT2D eigenvalue weighted by atomic mass is 127. The maximum absolute atomic E-state index is 10.9. The maximum Gasteiger partial charge on any atom is 0.191 e. The lowest BCUT2D eigenvalue weighted by Gasteiger charge is -2.11. The van der Waals surface area contributed by atoms with Crippen LogP contribution in [-0.4, -0.2) is 64.7 Å². The second-order valence-electron chi connectivity index (χ2n) is 4.74. The quantitative estimate of drug-likeness (QED) is 0.243. The van der Waals surface area contributed by atoms with Crippen molar-refractivity contribution in [3.8, 4) is 0 Å². The lowest BCUT2D eigenvalue weighted by Crippen LogP contribution is -2.40. The van der Waals surface area contributed by atoms with Gasteiger partial charge in [0, 0.05) is 44.7 Å². The smallest absolute Gasteiger partial charge is 0.191 e. The Labute approximate surface area is 155 Å². The predicted octanol–water partition coefficient (Wildman–Crippen LogP) is 0.468. The van der Waals surface area contributed by atoms with Crippen LogP contribution >= 0.6 is 24.0 Å². The van der Waals surface area contributed by atoms with E-state index in [1.54, 1.807) is 13.2 Å². The number of nitrogens with zero attached hydrogens (tertiary/aromatic N) is 2. The molecule has 0 unspecified atom stereocenters. The second-order valence-corrected chi connectivity index (χ2v) is 7.00. The highest BCUT2D eigenvalue weighted by Crippen LogP contribution is 1.92. The number of halogens is 1. The number of sulfone groups is 1. The summed E-state index contributed by atoms with van der Waals surface area (Å²) in [5.74, 6) is 0.729. The summed E-state index contributed by atoms with van der Waals surface area (Å²) in [5, 5.41) is 6.28. The molecule has 0 amide bonds. The molecule has 23 heavy (non-hydrogen) atoms. The Hall–Kier alpha value is -0.940. The van der Waals surface area contributed by atoms with Gasteiger partial charge in [0.15, 0.2) is 5.96 Å². The van der Waals surface area contributed by atoms with Gasteiger partial charge in [0.05, 0.1) is 19.0 Å². The van der Waals surface area contributed by atoms with E-state index in [2.05, 4.69) is 20.6 Å². The summed E-state index contributed by atoms with van der Waals surface area (Å²) in [5.41, 5.74) is 1.02. The Morgan fingerprint density at radius 3 is 2.61 bits per heavy atom. The van der Waals surface area contributed by atoms with E-state index in [4.69, 9.17) is 4.74 Å². The molecule has 0 spiro atoms. The Kier molecular flexibility index (Phi) is 12.0. The Morgan fingerprint density at radius 1 is 1.26 bits per heavy atom. The first-order valence-corrected chi connectivity index (χ1v) is 9.17. The molecule has 0 saturated carbocycles. The minimum atomic E-state index is -2.96. The van der Waals surface area contributed by atoms with E-state index in [1.165, 1.54) is 6.26 Å². The fourth-order valence-corrected chi connectivity index (χ4v) is 2.05. The molecule has 7 nitrogen and oxygen atoms in total. The Bertz CT molecular complexity index is 552. The van der Waals surface area contributed by atoms with Crippen molar-refractivity contribution in [3.63, 3.8) is 0 Å². The number of aromatic nitrogens is 1. The number of rotatable bonds is 9. The number of ether oxygens (including phenoxy) is 1. The molecule has 0 fully saturated rings. The van der Waals surface area contributed by atoms with Gasteiger partial charge >= 0.3 is 0 Å². The molecule has 1 aromatic heterocycles. The summed E-state index contributed by atoms with van der Waals surface area (Å²) in [6.45, 7) is 1.93. The van der Waals surface area contributed by atoms with Crippen molar-refractivity contribution in [3.05, 3.63) is 30.1 Å². The zero-order valence-corrected chi connectivity index (χ0v) is 16.6. The van der Waals surface area contributed by atoms with Crippen LogP contribution in [0.3, 0.4) is 0 Å². The third-order valence-electron chi connectivity index (χ3n) is 2.76. The predicted molar refractivity (Wildman–Crippen MR) is 103 cm³/mol. The summed E-state index contributed by atoms with van der Waals surface area (Å²) < 4.78 is 27.1. The number of nitrogens with one attached hydrogen (secondary N) is 2. The van der Waals surface area contributed by atoms with Crippen molar-refractivity contribution in [2.45, 2.75) is 6.42 Å². The van der Waals surface area contributed by atoms with E-state index in [-0.39, 0.29) is 36.3 Å². The highest BCUT2D eigenvalue weighted by Gasteiger charge is 2.01. The summed E-state index contributed by atoms with van der Waals surface area (Å²) in [6, 6.07) is 5.83. The average Bonchev–Trinajstić information content (AvgIpc) is 2.49. The molecule has 0 aliphatic rings. The van der Waals surface area contributed by atoms with Crippen LogP contribution in [0, 0.1) is 0 Å². The van der Waals surface area contributed by atoms with Crippen LogP contribution in [0.25, 0.3) is 0 Å². The van der Waals surface area contributed by atoms with Crippen molar-refractivity contribution in [1.29, 1.82) is 0 Å². The molecule has 1 aromatic rings. The number of pyridine rings is 1. The van der Waals surface area contributed by atoms with Crippen LogP contribution in [0.1, 0.15) is 5.69 Å². The fourth-order valence-electron chi connectivity index (χ4n) is 1.63. The molecule has 0 aliphatic heterocycles. The zero-order chi connectivity index (χ0) is 16.3. The molecule has 1 rings (SSSR count). The van der Waals surface area contributed by atoms with Crippen molar-refractivity contribution in [2.24, 2.45) is 4.99 Å². The molecule has 132 valence electrons. The minimum Gasteiger partial charge on any atom is -0.379 e. The van der Waals surface area contributed by atoms with Crippen molar-refractivity contribution >= 4 is 39.8 Å². The summed E-state index contributed by atoms with van der Waals surface area (Å²) in [7, 11) is -1.26. The normalized spacial score (nSPS) is 11.7. The van der Waals surface area contributed by atoms with Crippen LogP contribution in [0.15, 0.2) is 29.4 Å². The minimum absolute atomic E-state index is 0. The molecule has 0 saturated heterocycles. The third kappa shape index (κ3) is 12.2. The first kappa shape index (κ1) is 22.1. The number of guanidine groups is 1. The highest BCUT2D eigenvalue weighted by molar-refractivity contribution is 14.0. The van der Waals surface area contributed by atoms with Crippen LogP contribution in [0.2, 0.25) is 0 Å². The molecule has 0 aromatic carbocycles. The van der Waals surface area contributed by atoms with Gasteiger partial charge in [0.25, 0.3) is 0 Å². The fraction of sp³-hybridized carbons (Fsp3) is 0.571. The average molecular weight is 456 g/mol. The molecule has 2 N–H and O–H groups in total. The van der Waals surface area contributed by atoms with E-state index < -0.39 is 9.84 Å². The Balaban J connectivity index is 0.00000484. The molecular weight excluding hydrogens is 431 g/mol. The lowest BCUT2D eigenvalue weighted by molar-refractivity contribution is 0.154. The standard InChI is InChI=1S/C14H24N4O3S.HI/c1-15-14(17-8-6-13-5-3-4-7-16-13)18-9-10-21-11-12-22(2,19)20;/h3-5,7H,6,8-12H2,1-2H3,(H2,15,17,18);1H. The van der Waals surface area contributed by atoms with Crippen LogP contribution in [-0.2, 0) is 21.0 Å². The molecule has 0 atom stereocenters. The first-order chi connectivity index (χ1) is 10.5. The molecule has 0 bridgehead atoms. The Morgan fingerprint density at radius 2 is 2.00 bits per heavy atom. The first-order valence-electron chi connectivity index (χ1n) is 7.11. The van der Waals surface area contributed by atoms with Gasteiger partial charge in [0.1, 0.15) is 9.84 Å². The van der Waals surface area contributed by atoms with Gasteiger partial charge in [-0.1, -0.05) is 6.07 Å². The van der Waals surface area contributed by atoms with Gasteiger partial charge in [-0.25, -0.2) is 8.42 Å². The molecule has 1 heterocycles. The van der Waals surface area contributed by atoms with E-state index in [0.29, 0.717) is 19.1 Å². The van der Waals surface area contributed by atoms with Gasteiger partial charge < -0.3 is 15.4 Å². The van der Waals surface area contributed by atoms with Gasteiger partial charge in [-0.2, -0.15) is 0 Å². The molecule has 9 heteroatoms. The van der Waals surface area contributed by atoms with Gasteiger partial charge in [-0.15, -0.1) is 24.0 Å². The van der Waals surface area contributed by atoms with Gasteiger partial charge in [-0.05, 0) is 12.1 Å². The van der Waals surface area contributed by atoms with Gasteiger partial charge in [0.2, 0.25) is 0 Å². The molecule has 0 radical (unpaired) electrons. The molecule has 0 aliphatic carbocycles. The van der Waals surface area contributed by atoms with E-state index in [1.807, 2.05) is 18.2 Å². The van der Waals surface area contributed by atoms with Crippen LogP contribution in [0.5, 0.6) is 0 Å². The third-order valence-corrected chi connectivity index (χ3v) is 3.67. The maximum atomic E-state index is 10.9. The van der Waals surface area contributed by atoms with E-state index in [9.17, 15) is 8.42 Å². The second kappa shape index (κ2) is 12.5. The molecular formula is C14H25IN4O3S. The number of hydrogen-bond donors (Lipinski definition) is 2. The van der Waals surface area contributed by atoms with Crippen molar-refractivity contribution < 1.29 is 13.2 Å². The topological polar surface area (TPSA) is 92.7 Å². The largest absolute Gasteiger partial charge is 0.379 e. The van der Waals surface area contributed by atoms with E-state index in [0.717, 1.165) is 18.7 Å². The lowest BCUT2D eigenvalue weighted by atomic mass is 10.3. The summed E-state index contributed by atoms with van der Waals surface area (Å²) in [4.78, 5) is 8.35. The number of hydrogen-bond acceptors (Lipinski definition) is 5. The zero-order valence-electron chi connectivity index (χ0n) is 13.5. The van der Waals surface area contributed by atoms with Crippen LogP contribution < -0.4 is 10.6 Å². The SMILES string of the molecule is CN=C(NCCOCCS(C)(=O)=O)NCCc1ccccn1.I. The van der Waals surface area contributed by atoms with Crippen molar-refractivity contribution in [1.82, 2.24) is 15.6 Å². The monoisotopic (exact) mass is 456 g/mol. The van der Waals surface area contributed by atoms with Crippen LogP contribution in [0.4, 0.5) is 0 Å². The summed E-state index contributed by atoms with van der Waals surface area (Å²) >= 11 is 0. The number of aliphatic imine (C=N–C) groups is 1. The van der Waals surface area contributed by atoms with Crippen molar-refractivity contribution in [2.75, 3.05) is 45.4 Å².